The molecule has 0 aromatic rings. The van der Waals surface area contributed by atoms with E-state index in [0.29, 0.717) is 6.04 Å². The van der Waals surface area contributed by atoms with Gasteiger partial charge in [-0.1, -0.05) is 0 Å². The molecule has 0 aromatic heterocycles. The molecule has 0 heterocycles. The molecule has 56 valence electrons. The van der Waals surface area contributed by atoms with Crippen molar-refractivity contribution in [1.29, 1.82) is 0 Å². The summed E-state index contributed by atoms with van der Waals surface area (Å²) in [6.45, 7) is 2.84. The third kappa shape index (κ3) is 8.27. The van der Waals surface area contributed by atoms with E-state index in [-0.39, 0.29) is 0 Å². The summed E-state index contributed by atoms with van der Waals surface area (Å²) in [5, 5.41) is 0. The molecule has 0 amide bonds. The lowest BCUT2D eigenvalue weighted by molar-refractivity contribution is 0.218. The van der Waals surface area contributed by atoms with Crippen molar-refractivity contribution < 1.29 is 4.74 Å². The molecule has 0 rings (SSSR count). The molecule has 0 aliphatic heterocycles. The molecule has 0 fully saturated rings. The minimum atomic E-state index is 0.312. The lowest BCUT2D eigenvalue weighted by atomic mass is 10.4. The predicted octanol–water partition coefficient (Wildman–Crippen LogP) is 0.713. The summed E-state index contributed by atoms with van der Waals surface area (Å²) in [6.07, 6.45) is 0. The summed E-state index contributed by atoms with van der Waals surface area (Å²) in [6, 6.07) is 0.312. The van der Waals surface area contributed by atoms with Crippen molar-refractivity contribution in [2.45, 2.75) is 13.0 Å². The summed E-state index contributed by atoms with van der Waals surface area (Å²) in [7, 11) is 1.71. The van der Waals surface area contributed by atoms with Crippen molar-refractivity contribution in [3.63, 3.8) is 0 Å². The van der Waals surface area contributed by atoms with Crippen LogP contribution in [0.15, 0.2) is 0 Å². The van der Waals surface area contributed by atoms with Gasteiger partial charge in [-0.25, -0.2) is 0 Å². The number of methoxy groups -OCH3 is 1. The maximum absolute atomic E-state index is 5.51. The van der Waals surface area contributed by atoms with Crippen LogP contribution in [0, 0.1) is 0 Å². The highest BCUT2D eigenvalue weighted by Crippen LogP contribution is 1.99. The van der Waals surface area contributed by atoms with Crippen molar-refractivity contribution >= 4 is 11.8 Å². The molecule has 0 aromatic carbocycles. The van der Waals surface area contributed by atoms with E-state index in [2.05, 4.69) is 0 Å². The Balaban J connectivity index is 2.75. The SMILES string of the molecule is COCCSCC(C)N. The normalized spacial score (nSPS) is 13.7. The Morgan fingerprint density at radius 3 is 2.78 bits per heavy atom. The van der Waals surface area contributed by atoms with E-state index in [9.17, 15) is 0 Å². The average Bonchev–Trinajstić information content (AvgIpc) is 1.80. The fraction of sp³-hybridized carbons (Fsp3) is 1.00. The molecule has 0 saturated carbocycles. The van der Waals surface area contributed by atoms with E-state index >= 15 is 0 Å². The van der Waals surface area contributed by atoms with Crippen LogP contribution in [0.25, 0.3) is 0 Å². The van der Waals surface area contributed by atoms with E-state index in [4.69, 9.17) is 10.5 Å². The third-order valence-corrected chi connectivity index (χ3v) is 2.03. The van der Waals surface area contributed by atoms with Crippen LogP contribution in [0.4, 0.5) is 0 Å². The number of hydrogen-bond donors (Lipinski definition) is 1. The average molecular weight is 149 g/mol. The molecule has 0 bridgehead atoms. The molecule has 1 unspecified atom stereocenters. The van der Waals surface area contributed by atoms with Crippen LogP contribution >= 0.6 is 11.8 Å². The van der Waals surface area contributed by atoms with Gasteiger partial charge in [-0.2, -0.15) is 11.8 Å². The second kappa shape index (κ2) is 6.39. The Bertz CT molecular complexity index is 59.0. The zero-order valence-electron chi connectivity index (χ0n) is 6.09. The minimum absolute atomic E-state index is 0.312. The van der Waals surface area contributed by atoms with Gasteiger partial charge in [-0.15, -0.1) is 0 Å². The van der Waals surface area contributed by atoms with Crippen molar-refractivity contribution in [1.82, 2.24) is 0 Å². The Kier molecular flexibility index (Phi) is 6.58. The summed E-state index contributed by atoms with van der Waals surface area (Å²) in [5.74, 6) is 2.08. The van der Waals surface area contributed by atoms with Crippen molar-refractivity contribution in [2.75, 3.05) is 25.2 Å². The largest absolute Gasteiger partial charge is 0.384 e. The second-order valence-corrected chi connectivity index (χ2v) is 3.19. The first-order valence-corrected chi connectivity index (χ1v) is 4.25. The first-order valence-electron chi connectivity index (χ1n) is 3.09. The first-order chi connectivity index (χ1) is 4.27. The molecule has 2 N–H and O–H groups in total. The molecule has 0 radical (unpaired) electrons. The number of ether oxygens (including phenoxy) is 1. The van der Waals surface area contributed by atoms with E-state index in [0.717, 1.165) is 18.1 Å². The summed E-state index contributed by atoms with van der Waals surface area (Å²) in [4.78, 5) is 0. The van der Waals surface area contributed by atoms with Gasteiger partial charge < -0.3 is 10.5 Å². The van der Waals surface area contributed by atoms with Crippen LogP contribution in [0.5, 0.6) is 0 Å². The lowest BCUT2D eigenvalue weighted by Gasteiger charge is -2.02. The van der Waals surface area contributed by atoms with Gasteiger partial charge >= 0.3 is 0 Å². The molecule has 0 spiro atoms. The number of rotatable bonds is 5. The predicted molar refractivity (Wildman–Crippen MR) is 42.9 cm³/mol. The highest BCUT2D eigenvalue weighted by atomic mass is 32.2. The molecule has 9 heavy (non-hydrogen) atoms. The first kappa shape index (κ1) is 9.27. The summed E-state index contributed by atoms with van der Waals surface area (Å²) >= 11 is 1.84. The van der Waals surface area contributed by atoms with E-state index in [1.165, 1.54) is 0 Å². The molecular weight excluding hydrogens is 134 g/mol. The lowest BCUT2D eigenvalue weighted by Crippen LogP contribution is -2.18. The van der Waals surface area contributed by atoms with Crippen LogP contribution in [-0.2, 0) is 4.74 Å². The highest BCUT2D eigenvalue weighted by Gasteiger charge is 1.92. The van der Waals surface area contributed by atoms with Gasteiger partial charge in [-0.05, 0) is 6.92 Å². The van der Waals surface area contributed by atoms with Crippen LogP contribution in [0.1, 0.15) is 6.92 Å². The Morgan fingerprint density at radius 2 is 2.33 bits per heavy atom. The van der Waals surface area contributed by atoms with Gasteiger partial charge in [0.05, 0.1) is 6.61 Å². The van der Waals surface area contributed by atoms with Gasteiger partial charge in [0, 0.05) is 24.7 Å². The zero-order chi connectivity index (χ0) is 7.11. The van der Waals surface area contributed by atoms with Crippen molar-refractivity contribution in [2.24, 2.45) is 5.73 Å². The fourth-order valence-electron chi connectivity index (χ4n) is 0.411. The maximum atomic E-state index is 5.51. The summed E-state index contributed by atoms with van der Waals surface area (Å²) < 4.78 is 4.86. The van der Waals surface area contributed by atoms with Gasteiger partial charge in [0.25, 0.3) is 0 Å². The van der Waals surface area contributed by atoms with E-state index in [1.54, 1.807) is 7.11 Å². The van der Waals surface area contributed by atoms with Gasteiger partial charge in [0.2, 0.25) is 0 Å². The molecule has 3 heteroatoms. The maximum Gasteiger partial charge on any atom is 0.0552 e. The highest BCUT2D eigenvalue weighted by molar-refractivity contribution is 7.99. The van der Waals surface area contributed by atoms with Gasteiger partial charge in [-0.3, -0.25) is 0 Å². The molecule has 2 nitrogen and oxygen atoms in total. The van der Waals surface area contributed by atoms with E-state index < -0.39 is 0 Å². The van der Waals surface area contributed by atoms with E-state index in [1.807, 2.05) is 18.7 Å². The van der Waals surface area contributed by atoms with Crippen LogP contribution in [-0.4, -0.2) is 31.3 Å². The Hall–Kier alpha value is 0.270. The monoisotopic (exact) mass is 149 g/mol. The second-order valence-electron chi connectivity index (χ2n) is 2.04. The Labute approximate surface area is 61.1 Å². The van der Waals surface area contributed by atoms with Crippen LogP contribution in [0.3, 0.4) is 0 Å². The smallest absolute Gasteiger partial charge is 0.0552 e. The van der Waals surface area contributed by atoms with Gasteiger partial charge in [0.1, 0.15) is 0 Å². The molecule has 0 aliphatic carbocycles. The number of hydrogen-bond acceptors (Lipinski definition) is 3. The Morgan fingerprint density at radius 1 is 1.67 bits per heavy atom. The molecule has 0 saturated heterocycles. The standard InChI is InChI=1S/C6H15NOS/c1-6(7)5-9-4-3-8-2/h6H,3-5,7H2,1-2H3. The number of nitrogens with two attached hydrogens (primary N) is 1. The zero-order valence-corrected chi connectivity index (χ0v) is 6.91. The third-order valence-electron chi connectivity index (χ3n) is 0.813. The van der Waals surface area contributed by atoms with Crippen LogP contribution < -0.4 is 5.73 Å². The minimum Gasteiger partial charge on any atom is -0.384 e. The van der Waals surface area contributed by atoms with Gasteiger partial charge in [0.15, 0.2) is 0 Å². The molecule has 1 atom stereocenters. The fourth-order valence-corrected chi connectivity index (χ4v) is 1.23. The topological polar surface area (TPSA) is 35.2 Å². The van der Waals surface area contributed by atoms with Crippen LogP contribution in [0.2, 0.25) is 0 Å². The van der Waals surface area contributed by atoms with Crippen molar-refractivity contribution in [3.8, 4) is 0 Å². The summed E-state index contributed by atoms with van der Waals surface area (Å²) in [5.41, 5.74) is 5.51. The molecule has 0 aliphatic rings. The number of thioether (sulfide) groups is 1. The quantitative estimate of drug-likeness (QED) is 0.585. The molecular formula is C6H15NOS. The van der Waals surface area contributed by atoms with Crippen molar-refractivity contribution in [3.05, 3.63) is 0 Å².